The number of aryl methyl sites for hydroxylation is 1. The summed E-state index contributed by atoms with van der Waals surface area (Å²) in [6, 6.07) is -0.645. The van der Waals surface area contributed by atoms with Crippen molar-refractivity contribution in [1.82, 2.24) is 9.88 Å². The number of fused-ring (bicyclic) bond motifs is 1. The molecule has 0 radical (unpaired) electrons. The molecule has 0 spiro atoms. The highest BCUT2D eigenvalue weighted by molar-refractivity contribution is 8.01. The standard InChI is InChI=1S/C14H15N3O5S3/c1-5-7(2-8(18)19)25-14(16-5)24-4-6-3-23-12-9(15)11(20)17(12)10(6)13(21)22/h9,12H,2-4,15H2,1H3,(H,18,19)(H,21,22). The van der Waals surface area contributed by atoms with Crippen LogP contribution in [0.15, 0.2) is 15.6 Å². The highest BCUT2D eigenvalue weighted by atomic mass is 32.2. The Morgan fingerprint density at radius 2 is 2.16 bits per heavy atom. The van der Waals surface area contributed by atoms with E-state index in [1.165, 1.54) is 39.8 Å². The number of thiazole rings is 1. The zero-order valence-electron chi connectivity index (χ0n) is 13.1. The normalized spacial score (nSPS) is 22.6. The van der Waals surface area contributed by atoms with E-state index in [0.29, 0.717) is 32.0 Å². The second-order valence-electron chi connectivity index (χ2n) is 5.54. The van der Waals surface area contributed by atoms with Crippen molar-refractivity contribution in [3.8, 4) is 0 Å². The van der Waals surface area contributed by atoms with Crippen molar-refractivity contribution in [2.75, 3.05) is 11.5 Å². The summed E-state index contributed by atoms with van der Waals surface area (Å²) in [5, 5.41) is 18.1. The van der Waals surface area contributed by atoms with Crippen molar-refractivity contribution in [3.63, 3.8) is 0 Å². The smallest absolute Gasteiger partial charge is 0.352 e. The first-order valence-corrected chi connectivity index (χ1v) is 10.1. The number of amides is 1. The number of rotatable bonds is 6. The summed E-state index contributed by atoms with van der Waals surface area (Å²) in [6.45, 7) is 1.75. The van der Waals surface area contributed by atoms with Crippen molar-refractivity contribution in [2.45, 2.75) is 29.1 Å². The lowest BCUT2D eigenvalue weighted by atomic mass is 10.0. The summed E-state index contributed by atoms with van der Waals surface area (Å²) in [7, 11) is 0. The molecule has 2 atom stereocenters. The number of thioether (sulfide) groups is 2. The van der Waals surface area contributed by atoms with E-state index in [2.05, 4.69) is 4.98 Å². The van der Waals surface area contributed by atoms with Crippen LogP contribution in [0.5, 0.6) is 0 Å². The van der Waals surface area contributed by atoms with Gasteiger partial charge in [-0.3, -0.25) is 14.5 Å². The van der Waals surface area contributed by atoms with Crippen molar-refractivity contribution in [3.05, 3.63) is 21.8 Å². The molecule has 4 N–H and O–H groups in total. The van der Waals surface area contributed by atoms with Gasteiger partial charge < -0.3 is 15.9 Å². The molecule has 2 aliphatic heterocycles. The quantitative estimate of drug-likeness (QED) is 0.466. The summed E-state index contributed by atoms with van der Waals surface area (Å²) >= 11 is 4.10. The van der Waals surface area contributed by atoms with Gasteiger partial charge in [-0.25, -0.2) is 9.78 Å². The molecular formula is C14H15N3O5S3. The number of nitrogens with two attached hydrogens (primary N) is 1. The fourth-order valence-electron chi connectivity index (χ4n) is 2.60. The molecule has 1 fully saturated rings. The van der Waals surface area contributed by atoms with Crippen LogP contribution >= 0.6 is 34.9 Å². The monoisotopic (exact) mass is 401 g/mol. The number of carboxylic acids is 2. The summed E-state index contributed by atoms with van der Waals surface area (Å²) in [4.78, 5) is 40.6. The molecule has 1 aromatic heterocycles. The molecule has 1 aromatic rings. The van der Waals surface area contributed by atoms with Crippen LogP contribution in [-0.2, 0) is 20.8 Å². The van der Waals surface area contributed by atoms with Crippen molar-refractivity contribution in [1.29, 1.82) is 0 Å². The predicted molar refractivity (Wildman–Crippen MR) is 94.6 cm³/mol. The Labute approximate surface area is 155 Å². The van der Waals surface area contributed by atoms with E-state index < -0.39 is 18.0 Å². The Hall–Kier alpha value is -1.56. The molecule has 0 bridgehead atoms. The summed E-state index contributed by atoms with van der Waals surface area (Å²) in [5.74, 6) is -1.56. The number of aromatic nitrogens is 1. The maximum Gasteiger partial charge on any atom is 0.352 e. The highest BCUT2D eigenvalue weighted by Crippen LogP contribution is 2.41. The van der Waals surface area contributed by atoms with E-state index in [0.717, 1.165) is 0 Å². The van der Waals surface area contributed by atoms with Gasteiger partial charge in [0.1, 0.15) is 17.1 Å². The number of hydrogen-bond donors (Lipinski definition) is 3. The van der Waals surface area contributed by atoms with Crippen LogP contribution < -0.4 is 5.73 Å². The molecule has 8 nitrogen and oxygen atoms in total. The van der Waals surface area contributed by atoms with Crippen LogP contribution in [0.25, 0.3) is 0 Å². The van der Waals surface area contributed by atoms with Crippen molar-refractivity contribution >= 4 is 52.7 Å². The summed E-state index contributed by atoms with van der Waals surface area (Å²) in [5.41, 5.74) is 7.05. The van der Waals surface area contributed by atoms with Gasteiger partial charge in [0.15, 0.2) is 4.34 Å². The molecule has 1 amide bonds. The molecular weight excluding hydrogens is 386 g/mol. The molecule has 1 saturated heterocycles. The van der Waals surface area contributed by atoms with Crippen LogP contribution in [0.3, 0.4) is 0 Å². The average molecular weight is 401 g/mol. The Morgan fingerprint density at radius 3 is 2.80 bits per heavy atom. The average Bonchev–Trinajstić information content (AvgIpc) is 2.90. The van der Waals surface area contributed by atoms with Gasteiger partial charge in [0.25, 0.3) is 0 Å². The fourth-order valence-corrected chi connectivity index (χ4v) is 6.26. The Balaban J connectivity index is 1.76. The third kappa shape index (κ3) is 3.41. The van der Waals surface area contributed by atoms with Gasteiger partial charge in [0, 0.05) is 16.4 Å². The van der Waals surface area contributed by atoms with Gasteiger partial charge in [0.05, 0.1) is 12.1 Å². The first-order valence-electron chi connectivity index (χ1n) is 7.26. The van der Waals surface area contributed by atoms with Gasteiger partial charge in [0.2, 0.25) is 5.91 Å². The molecule has 0 aromatic carbocycles. The zero-order chi connectivity index (χ0) is 18.3. The molecule has 0 saturated carbocycles. The Kier molecular flexibility index (Phi) is 5.09. The minimum Gasteiger partial charge on any atom is -0.481 e. The van der Waals surface area contributed by atoms with E-state index in [-0.39, 0.29) is 23.4 Å². The Bertz CT molecular complexity index is 791. The van der Waals surface area contributed by atoms with Gasteiger partial charge in [-0.15, -0.1) is 23.1 Å². The van der Waals surface area contributed by atoms with Crippen LogP contribution in [-0.4, -0.2) is 60.9 Å². The SMILES string of the molecule is Cc1nc(SCC2=C(C(=O)O)N3C(=O)C(N)C3SC2)sc1CC(=O)O. The molecule has 3 heterocycles. The molecule has 11 heteroatoms. The number of hydrogen-bond acceptors (Lipinski definition) is 8. The van der Waals surface area contributed by atoms with Crippen LogP contribution in [0, 0.1) is 6.92 Å². The maximum absolute atomic E-state index is 11.9. The lowest BCUT2D eigenvalue weighted by molar-refractivity contribution is -0.147. The van der Waals surface area contributed by atoms with E-state index in [1.807, 2.05) is 0 Å². The molecule has 2 unspecified atom stereocenters. The van der Waals surface area contributed by atoms with E-state index in [9.17, 15) is 19.5 Å². The number of nitrogens with zero attached hydrogens (tertiary/aromatic N) is 2. The number of carboxylic acid groups (broad SMARTS) is 2. The number of β-lactam (4-membered cyclic amide) rings is 1. The number of carbonyl (C=O) groups is 3. The highest BCUT2D eigenvalue weighted by Gasteiger charge is 2.51. The third-order valence-corrected chi connectivity index (χ3v) is 7.59. The second-order valence-corrected chi connectivity index (χ2v) is 8.95. The first-order chi connectivity index (χ1) is 11.8. The topological polar surface area (TPSA) is 134 Å². The first kappa shape index (κ1) is 18.2. The van der Waals surface area contributed by atoms with Crippen LogP contribution in [0.2, 0.25) is 0 Å². The van der Waals surface area contributed by atoms with Gasteiger partial charge in [-0.05, 0) is 12.5 Å². The lowest BCUT2D eigenvalue weighted by Crippen LogP contribution is -2.68. The molecule has 2 aliphatic rings. The summed E-state index contributed by atoms with van der Waals surface area (Å²) < 4.78 is 0.685. The summed E-state index contributed by atoms with van der Waals surface area (Å²) in [6.07, 6.45) is -0.0785. The number of carbonyl (C=O) groups excluding carboxylic acids is 1. The molecule has 3 rings (SSSR count). The third-order valence-electron chi connectivity index (χ3n) is 3.85. The minimum atomic E-state index is -1.14. The van der Waals surface area contributed by atoms with Crippen molar-refractivity contribution in [2.24, 2.45) is 5.73 Å². The van der Waals surface area contributed by atoms with Gasteiger partial charge in [-0.2, -0.15) is 0 Å². The van der Waals surface area contributed by atoms with Crippen LogP contribution in [0.1, 0.15) is 10.6 Å². The van der Waals surface area contributed by atoms with E-state index in [1.54, 1.807) is 6.92 Å². The van der Waals surface area contributed by atoms with Crippen molar-refractivity contribution < 1.29 is 24.6 Å². The molecule has 134 valence electrons. The zero-order valence-corrected chi connectivity index (χ0v) is 15.5. The Morgan fingerprint density at radius 1 is 1.44 bits per heavy atom. The van der Waals surface area contributed by atoms with Crippen LogP contribution in [0.4, 0.5) is 0 Å². The van der Waals surface area contributed by atoms with Gasteiger partial charge >= 0.3 is 11.9 Å². The lowest BCUT2D eigenvalue weighted by Gasteiger charge is -2.48. The largest absolute Gasteiger partial charge is 0.481 e. The maximum atomic E-state index is 11.9. The van der Waals surface area contributed by atoms with E-state index in [4.69, 9.17) is 10.8 Å². The van der Waals surface area contributed by atoms with E-state index >= 15 is 0 Å². The molecule has 25 heavy (non-hydrogen) atoms. The number of aliphatic carboxylic acids is 2. The second kappa shape index (κ2) is 6.98. The fraction of sp³-hybridized carbons (Fsp3) is 0.429. The predicted octanol–water partition coefficient (Wildman–Crippen LogP) is 0.752. The minimum absolute atomic E-state index is 0.0157. The molecule has 0 aliphatic carbocycles. The van der Waals surface area contributed by atoms with Gasteiger partial charge in [-0.1, -0.05) is 11.8 Å².